The quantitative estimate of drug-likeness (QED) is 0.0492. The van der Waals surface area contributed by atoms with Gasteiger partial charge in [-0.05, 0) is 92.8 Å². The van der Waals surface area contributed by atoms with Crippen LogP contribution in [0.15, 0.2) is 11.6 Å². The van der Waals surface area contributed by atoms with Gasteiger partial charge in [-0.15, -0.1) is 0 Å². The molecule has 8 rings (SSSR count). The lowest BCUT2D eigenvalue weighted by Gasteiger charge is -2.63. The molecule has 22 atom stereocenters. The monoisotopic (exact) mass is 1070 g/mol. The van der Waals surface area contributed by atoms with Gasteiger partial charge in [-0.25, -0.2) is 8.37 Å². The molecule has 4 heterocycles. The summed E-state index contributed by atoms with van der Waals surface area (Å²) in [6, 6.07) is 0. The Morgan fingerprint density at radius 1 is 0.778 bits per heavy atom. The van der Waals surface area contributed by atoms with E-state index >= 15 is 0 Å². The molecular weight excluding hydrogens is 997 g/mol. The van der Waals surface area contributed by atoms with Crippen molar-refractivity contribution in [3.8, 4) is 0 Å². The predicted molar refractivity (Wildman–Crippen MR) is 244 cm³/mol. The highest BCUT2D eigenvalue weighted by Gasteiger charge is 2.79. The molecule has 0 aromatic heterocycles. The minimum atomic E-state index is -5.16. The molecule has 0 amide bonds. The third-order valence-electron chi connectivity index (χ3n) is 18.1. The first-order valence-electron chi connectivity index (χ1n) is 25.0. The molecule has 8 N–H and O–H groups in total. The maximum absolute atomic E-state index is 14.3. The van der Waals surface area contributed by atoms with Crippen molar-refractivity contribution in [3.05, 3.63) is 11.6 Å². The van der Waals surface area contributed by atoms with Crippen LogP contribution in [-0.2, 0) is 71.9 Å². The molecule has 0 aromatic rings. The zero-order valence-electron chi connectivity index (χ0n) is 41.8. The summed E-state index contributed by atoms with van der Waals surface area (Å²) in [7, 11) is -10.2. The summed E-state index contributed by atoms with van der Waals surface area (Å²) in [6.45, 7) is 14.5. The van der Waals surface area contributed by atoms with Gasteiger partial charge in [0.15, 0.2) is 18.9 Å². The van der Waals surface area contributed by atoms with E-state index < -0.39 is 154 Å². The molecule has 4 aliphatic heterocycles. The summed E-state index contributed by atoms with van der Waals surface area (Å²) >= 11 is 0. The highest BCUT2D eigenvalue weighted by Crippen LogP contribution is 2.75. The van der Waals surface area contributed by atoms with Crippen LogP contribution in [0.4, 0.5) is 0 Å². The normalized spacial score (nSPS) is 48.3. The summed E-state index contributed by atoms with van der Waals surface area (Å²) in [5.74, 6) is -0.292. The van der Waals surface area contributed by atoms with E-state index in [1.165, 1.54) is 12.5 Å². The molecule has 25 heteroatoms. The summed E-state index contributed by atoms with van der Waals surface area (Å²) in [6.07, 6.45) is -17.7. The van der Waals surface area contributed by atoms with Crippen LogP contribution in [0.3, 0.4) is 0 Å². The second-order valence-corrected chi connectivity index (χ2v) is 25.4. The van der Waals surface area contributed by atoms with Crippen molar-refractivity contribution < 1.29 is 108 Å². The van der Waals surface area contributed by atoms with Gasteiger partial charge in [0.05, 0.1) is 36.8 Å². The Hall–Kier alpha value is -1.86. The third-order valence-corrected chi connectivity index (χ3v) is 19.0. The summed E-state index contributed by atoms with van der Waals surface area (Å²) < 4.78 is 116. The van der Waals surface area contributed by atoms with Crippen molar-refractivity contribution >= 4 is 32.6 Å². The third kappa shape index (κ3) is 9.79. The van der Waals surface area contributed by atoms with Gasteiger partial charge in [0.1, 0.15) is 72.4 Å². The van der Waals surface area contributed by atoms with E-state index in [4.69, 9.17) is 41.9 Å². The minimum absolute atomic E-state index is 0.00452. The van der Waals surface area contributed by atoms with Crippen LogP contribution in [-0.4, -0.2) is 179 Å². The van der Waals surface area contributed by atoms with Crippen molar-refractivity contribution in [2.45, 2.75) is 211 Å². The highest BCUT2D eigenvalue weighted by atomic mass is 32.3. The number of carbonyl (C=O) groups is 2. The Kier molecular flexibility index (Phi) is 15.5. The number of aliphatic hydroxyl groups excluding tert-OH is 6. The average Bonchev–Trinajstić information content (AvgIpc) is 3.66. The second kappa shape index (κ2) is 19.9. The van der Waals surface area contributed by atoms with Crippen molar-refractivity contribution in [3.63, 3.8) is 0 Å². The molecule has 72 heavy (non-hydrogen) atoms. The Balaban J connectivity index is 0.989. The molecule has 1 spiro atoms. The van der Waals surface area contributed by atoms with Crippen molar-refractivity contribution in [1.82, 2.24) is 0 Å². The summed E-state index contributed by atoms with van der Waals surface area (Å²) in [5.41, 5.74) is -2.25. The number of hydrogen-bond donors (Lipinski definition) is 8. The van der Waals surface area contributed by atoms with Crippen molar-refractivity contribution in [1.29, 1.82) is 0 Å². The number of aliphatic hydroxyl groups is 6. The Labute approximate surface area is 420 Å². The number of allylic oxidation sites excluding steroid dienone is 2. The van der Waals surface area contributed by atoms with Gasteiger partial charge >= 0.3 is 26.8 Å². The standard InChI is InChI=1S/C47H74O23S2/c1-21(2)10-9-15-46(8)38-25(48)18-45(7)24-11-12-28-43(4,5)29(14-16-44(28,6)23(24)13-17-47(38,45)42(55)69-46)66-41-37(31(50)27(19-62-41)70-72(59,60)61)68-39-35(54)33(52)36(22(3)64-39)67-40-34(53)32(51)30(49)26(65-40)20-63-71(56,57)58/h13,21-22,24,26-41,49-54H,9-12,14-20H2,1-8H3,(H,56,57,58)(H,59,60,61)/t22-,24-,26-,27-,28+,29+,30-,31+,32+,33-,34-,35-,36-,37-,38-,39+,40+,41+,44-,45+,46+,47+/m1/s1. The number of esters is 1. The van der Waals surface area contributed by atoms with Gasteiger partial charge in [0.2, 0.25) is 0 Å². The van der Waals surface area contributed by atoms with Gasteiger partial charge < -0.3 is 63.8 Å². The van der Waals surface area contributed by atoms with Crippen LogP contribution in [0, 0.1) is 45.3 Å². The van der Waals surface area contributed by atoms with Crippen molar-refractivity contribution in [2.75, 3.05) is 13.2 Å². The first-order chi connectivity index (χ1) is 33.3. The summed E-state index contributed by atoms with van der Waals surface area (Å²) in [4.78, 5) is 28.6. The SMILES string of the molecule is CC(C)CCC[C@]1(C)OC(=O)[C@@]23CC=C4[C@@H](CC[C@H]5C(C)(C)[C@@H](O[C@@H]6OC[C@@H](OS(=O)(=O)O)[C@H](O)[C@H]6O[C@@H]6O[C@H](C)[C@@H](O[C@@H]7O[C@H](COS(=O)(=O)O)[C@@H](O)[C@H](O)[C@H]7O)[C@H](O)[C@H]6O)CC[C@]45C)[C@]2(C)CC(=O)[C@H]13. The highest BCUT2D eigenvalue weighted by molar-refractivity contribution is 7.81. The number of carbonyl (C=O) groups excluding carboxylic acids is 2. The molecule has 0 radical (unpaired) electrons. The average molecular weight is 1070 g/mol. The molecule has 0 unspecified atom stereocenters. The van der Waals surface area contributed by atoms with Gasteiger partial charge in [-0.1, -0.05) is 59.6 Å². The zero-order valence-corrected chi connectivity index (χ0v) is 43.5. The summed E-state index contributed by atoms with van der Waals surface area (Å²) in [5, 5.41) is 65.9. The fraction of sp³-hybridized carbons (Fsp3) is 0.915. The topological polar surface area (TPSA) is 347 Å². The maximum Gasteiger partial charge on any atom is 0.397 e. The lowest BCUT2D eigenvalue weighted by atomic mass is 9.41. The van der Waals surface area contributed by atoms with Crippen LogP contribution in [0.2, 0.25) is 0 Å². The minimum Gasteiger partial charge on any atom is -0.458 e. The molecule has 0 aromatic carbocycles. The van der Waals surface area contributed by atoms with Gasteiger partial charge in [-0.3, -0.25) is 18.7 Å². The first-order valence-corrected chi connectivity index (χ1v) is 27.7. The Morgan fingerprint density at radius 2 is 1.43 bits per heavy atom. The number of rotatable bonds is 15. The van der Waals surface area contributed by atoms with E-state index in [2.05, 4.69) is 51.8 Å². The lowest BCUT2D eigenvalue weighted by molar-refractivity contribution is -0.379. The number of hydrogen-bond acceptors (Lipinski definition) is 21. The zero-order chi connectivity index (χ0) is 53.1. The molecular formula is C47H74O23S2. The van der Waals surface area contributed by atoms with E-state index in [9.17, 15) is 61.6 Å². The Bertz CT molecular complexity index is 2300. The molecule has 4 aliphatic carbocycles. The van der Waals surface area contributed by atoms with Gasteiger partial charge in [-0.2, -0.15) is 16.8 Å². The maximum atomic E-state index is 14.3. The number of ether oxygens (including phenoxy) is 7. The molecule has 412 valence electrons. The molecule has 0 bridgehead atoms. The number of cyclic esters (lactones) is 1. The lowest BCUT2D eigenvalue weighted by Crippen LogP contribution is -2.65. The van der Waals surface area contributed by atoms with Crippen LogP contribution in [0.1, 0.15) is 113 Å². The van der Waals surface area contributed by atoms with Gasteiger partial charge in [0, 0.05) is 6.42 Å². The van der Waals surface area contributed by atoms with E-state index in [1.807, 2.05) is 6.92 Å². The van der Waals surface area contributed by atoms with Crippen LogP contribution in [0.5, 0.6) is 0 Å². The molecule has 3 saturated carbocycles. The van der Waals surface area contributed by atoms with Crippen molar-refractivity contribution in [2.24, 2.45) is 45.3 Å². The molecule has 7 fully saturated rings. The van der Waals surface area contributed by atoms with E-state index in [-0.39, 0.29) is 29.0 Å². The van der Waals surface area contributed by atoms with Gasteiger partial charge in [0.25, 0.3) is 0 Å². The smallest absolute Gasteiger partial charge is 0.397 e. The fourth-order valence-corrected chi connectivity index (χ4v) is 15.4. The Morgan fingerprint density at radius 3 is 2.08 bits per heavy atom. The molecule has 23 nitrogen and oxygen atoms in total. The number of Topliss-reactive ketones (excluding diaryl/α,β-unsaturated/α-hetero) is 1. The largest absolute Gasteiger partial charge is 0.458 e. The predicted octanol–water partition coefficient (Wildman–Crippen LogP) is 1.05. The van der Waals surface area contributed by atoms with E-state index in [1.54, 1.807) is 0 Å². The van der Waals surface area contributed by atoms with Crippen LogP contribution < -0.4 is 0 Å². The number of fused-ring (bicyclic) bond motifs is 4. The van der Waals surface area contributed by atoms with Crippen LogP contribution >= 0.6 is 0 Å². The number of ketones is 1. The molecule has 8 aliphatic rings. The fourth-order valence-electron chi connectivity index (χ4n) is 14.6. The second-order valence-electron chi connectivity index (χ2n) is 23.3. The molecule has 4 saturated heterocycles. The van der Waals surface area contributed by atoms with E-state index in [0.29, 0.717) is 44.4 Å². The van der Waals surface area contributed by atoms with Crippen LogP contribution in [0.25, 0.3) is 0 Å². The first kappa shape index (κ1) is 56.3. The van der Waals surface area contributed by atoms with E-state index in [0.717, 1.165) is 19.3 Å².